The number of aromatic nitrogens is 1. The molecule has 1 N–H and O–H groups in total. The highest BCUT2D eigenvalue weighted by Crippen LogP contribution is 2.20. The summed E-state index contributed by atoms with van der Waals surface area (Å²) in [4.78, 5) is 17.5. The molecule has 94 valence electrons. The van der Waals surface area contributed by atoms with Gasteiger partial charge in [0, 0.05) is 19.8 Å². The van der Waals surface area contributed by atoms with Gasteiger partial charge in [-0.15, -0.1) is 0 Å². The monoisotopic (exact) mass is 275 g/mol. The average Bonchev–Trinajstić information content (AvgIpc) is 2.32. The summed E-state index contributed by atoms with van der Waals surface area (Å²) in [7, 11) is 3.63. The van der Waals surface area contributed by atoms with E-state index in [-0.39, 0.29) is 11.1 Å². The van der Waals surface area contributed by atoms with Crippen molar-refractivity contribution in [1.82, 2.24) is 15.2 Å². The molecule has 4 nitrogen and oxygen atoms in total. The molecule has 0 aliphatic carbocycles. The Morgan fingerprint density at radius 3 is 2.82 bits per heavy atom. The first-order valence-electron chi connectivity index (χ1n) is 5.27. The van der Waals surface area contributed by atoms with Crippen LogP contribution in [0.3, 0.4) is 0 Å². The fourth-order valence-electron chi connectivity index (χ4n) is 1.35. The molecule has 1 amide bonds. The summed E-state index contributed by atoms with van der Waals surface area (Å²) in [5.74, 6) is -0.104. The van der Waals surface area contributed by atoms with E-state index in [1.807, 2.05) is 7.05 Å². The number of halogens is 2. The molecule has 6 heteroatoms. The summed E-state index contributed by atoms with van der Waals surface area (Å²) in [6, 6.07) is 1.54. The van der Waals surface area contributed by atoms with Gasteiger partial charge in [-0.05, 0) is 26.1 Å². The second-order valence-corrected chi connectivity index (χ2v) is 4.45. The van der Waals surface area contributed by atoms with Gasteiger partial charge in [0.25, 0.3) is 5.91 Å². The van der Waals surface area contributed by atoms with Gasteiger partial charge in [0.1, 0.15) is 5.15 Å². The zero-order valence-corrected chi connectivity index (χ0v) is 11.3. The van der Waals surface area contributed by atoms with Crippen LogP contribution in [0.4, 0.5) is 0 Å². The maximum Gasteiger partial charge on any atom is 0.255 e. The zero-order chi connectivity index (χ0) is 12.8. The lowest BCUT2D eigenvalue weighted by atomic mass is 10.2. The molecule has 0 unspecified atom stereocenters. The van der Waals surface area contributed by atoms with Crippen molar-refractivity contribution in [3.63, 3.8) is 0 Å². The van der Waals surface area contributed by atoms with Crippen molar-refractivity contribution in [3.05, 3.63) is 28.0 Å². The van der Waals surface area contributed by atoms with Crippen molar-refractivity contribution in [1.29, 1.82) is 0 Å². The van der Waals surface area contributed by atoms with E-state index in [2.05, 4.69) is 10.3 Å². The maximum atomic E-state index is 12.0. The Hall–Kier alpha value is -0.840. The van der Waals surface area contributed by atoms with Crippen molar-refractivity contribution in [3.8, 4) is 0 Å². The fraction of sp³-hybridized carbons (Fsp3) is 0.455. The van der Waals surface area contributed by atoms with Crippen LogP contribution in [-0.4, -0.2) is 43.0 Å². The topological polar surface area (TPSA) is 45.2 Å². The van der Waals surface area contributed by atoms with Crippen LogP contribution in [0.15, 0.2) is 12.3 Å². The minimum atomic E-state index is -0.104. The molecule has 1 rings (SSSR count). The van der Waals surface area contributed by atoms with Crippen LogP contribution < -0.4 is 5.32 Å². The molecule has 0 aromatic carbocycles. The molecule has 17 heavy (non-hydrogen) atoms. The van der Waals surface area contributed by atoms with Crippen molar-refractivity contribution in [2.45, 2.75) is 6.42 Å². The number of amides is 1. The smallest absolute Gasteiger partial charge is 0.255 e. The Morgan fingerprint density at radius 2 is 2.24 bits per heavy atom. The van der Waals surface area contributed by atoms with Crippen molar-refractivity contribution in [2.75, 3.05) is 27.2 Å². The lowest BCUT2D eigenvalue weighted by Crippen LogP contribution is -2.29. The number of nitrogens with zero attached hydrogens (tertiary/aromatic N) is 2. The third kappa shape index (κ3) is 4.15. The van der Waals surface area contributed by atoms with Crippen LogP contribution in [0.5, 0.6) is 0 Å². The predicted octanol–water partition coefficient (Wildman–Crippen LogP) is 2.07. The minimum Gasteiger partial charge on any atom is -0.342 e. The van der Waals surface area contributed by atoms with E-state index in [0.29, 0.717) is 17.1 Å². The first-order valence-corrected chi connectivity index (χ1v) is 6.03. The van der Waals surface area contributed by atoms with Crippen molar-refractivity contribution < 1.29 is 4.79 Å². The number of nitrogens with one attached hydrogen (secondary N) is 1. The number of hydrogen-bond acceptors (Lipinski definition) is 3. The normalized spacial score (nSPS) is 10.4. The van der Waals surface area contributed by atoms with Gasteiger partial charge in [-0.25, -0.2) is 4.98 Å². The Morgan fingerprint density at radius 1 is 1.53 bits per heavy atom. The molecule has 0 radical (unpaired) electrons. The molecule has 0 aliphatic heterocycles. The van der Waals surface area contributed by atoms with Gasteiger partial charge in [0.15, 0.2) is 0 Å². The van der Waals surface area contributed by atoms with E-state index in [1.165, 1.54) is 12.3 Å². The molecule has 0 atom stereocenters. The highest BCUT2D eigenvalue weighted by molar-refractivity contribution is 6.41. The van der Waals surface area contributed by atoms with Gasteiger partial charge in [0.05, 0.1) is 10.6 Å². The van der Waals surface area contributed by atoms with Crippen LogP contribution in [-0.2, 0) is 0 Å². The summed E-state index contributed by atoms with van der Waals surface area (Å²) in [5, 5.41) is 3.53. The fourth-order valence-corrected chi connectivity index (χ4v) is 1.62. The summed E-state index contributed by atoms with van der Waals surface area (Å²) in [6.45, 7) is 1.55. The van der Waals surface area contributed by atoms with Gasteiger partial charge >= 0.3 is 0 Å². The molecule has 1 aromatic rings. The second-order valence-electron chi connectivity index (χ2n) is 3.68. The number of carbonyl (C=O) groups excluding carboxylic acids is 1. The molecule has 0 aliphatic rings. The molecule has 0 spiro atoms. The van der Waals surface area contributed by atoms with Gasteiger partial charge in [-0.3, -0.25) is 4.79 Å². The first-order chi connectivity index (χ1) is 8.06. The SMILES string of the molecule is CNCCCN(C)C(=O)c1cnc(Cl)c(Cl)c1. The van der Waals surface area contributed by atoms with Gasteiger partial charge in [-0.1, -0.05) is 23.2 Å². The quantitative estimate of drug-likeness (QED) is 0.661. The molecule has 0 saturated heterocycles. The molecule has 1 aromatic heterocycles. The lowest BCUT2D eigenvalue weighted by Gasteiger charge is -2.17. The van der Waals surface area contributed by atoms with Crippen LogP contribution in [0, 0.1) is 0 Å². The highest BCUT2D eigenvalue weighted by atomic mass is 35.5. The second kappa shape index (κ2) is 6.79. The number of rotatable bonds is 5. The first kappa shape index (κ1) is 14.2. The summed E-state index contributed by atoms with van der Waals surface area (Å²) in [6.07, 6.45) is 2.33. The van der Waals surface area contributed by atoms with Crippen molar-refractivity contribution in [2.24, 2.45) is 0 Å². The van der Waals surface area contributed by atoms with E-state index in [9.17, 15) is 4.79 Å². The Labute approximate surface area is 111 Å². The van der Waals surface area contributed by atoms with Crippen LogP contribution in [0.25, 0.3) is 0 Å². The molecular weight excluding hydrogens is 261 g/mol. The molecule has 0 bridgehead atoms. The third-order valence-electron chi connectivity index (χ3n) is 2.31. The van der Waals surface area contributed by atoms with Crippen LogP contribution in [0.2, 0.25) is 10.2 Å². The number of hydrogen-bond donors (Lipinski definition) is 1. The van der Waals surface area contributed by atoms with E-state index in [0.717, 1.165) is 13.0 Å². The predicted molar refractivity (Wildman–Crippen MR) is 69.8 cm³/mol. The summed E-state index contributed by atoms with van der Waals surface area (Å²) < 4.78 is 0. The van der Waals surface area contributed by atoms with Crippen LogP contribution in [0.1, 0.15) is 16.8 Å². The maximum absolute atomic E-state index is 12.0. The van der Waals surface area contributed by atoms with Crippen LogP contribution >= 0.6 is 23.2 Å². The Bertz CT molecular complexity index is 398. The molecule has 0 fully saturated rings. The third-order valence-corrected chi connectivity index (χ3v) is 3.00. The highest BCUT2D eigenvalue weighted by Gasteiger charge is 2.13. The molecular formula is C11H15Cl2N3O. The standard InChI is InChI=1S/C11H15Cl2N3O/c1-14-4-3-5-16(2)11(17)8-6-9(12)10(13)15-7-8/h6-7,14H,3-5H2,1-2H3. The molecule has 1 heterocycles. The lowest BCUT2D eigenvalue weighted by molar-refractivity contribution is 0.0793. The summed E-state index contributed by atoms with van der Waals surface area (Å²) >= 11 is 11.5. The van der Waals surface area contributed by atoms with Gasteiger partial charge in [0.2, 0.25) is 0 Å². The summed E-state index contributed by atoms with van der Waals surface area (Å²) in [5.41, 5.74) is 0.450. The van der Waals surface area contributed by atoms with E-state index < -0.39 is 0 Å². The van der Waals surface area contributed by atoms with E-state index in [1.54, 1.807) is 11.9 Å². The van der Waals surface area contributed by atoms with Crippen molar-refractivity contribution >= 4 is 29.1 Å². The Kier molecular flexibility index (Phi) is 5.68. The van der Waals surface area contributed by atoms with E-state index in [4.69, 9.17) is 23.2 Å². The Balaban J connectivity index is 2.65. The average molecular weight is 276 g/mol. The minimum absolute atomic E-state index is 0.104. The van der Waals surface area contributed by atoms with E-state index >= 15 is 0 Å². The number of carbonyl (C=O) groups is 1. The zero-order valence-electron chi connectivity index (χ0n) is 9.83. The largest absolute Gasteiger partial charge is 0.342 e. The van der Waals surface area contributed by atoms with Gasteiger partial charge in [-0.2, -0.15) is 0 Å². The molecule has 0 saturated carbocycles. The van der Waals surface area contributed by atoms with Gasteiger partial charge < -0.3 is 10.2 Å². The number of pyridine rings is 1.